The van der Waals surface area contributed by atoms with Crippen molar-refractivity contribution < 1.29 is 19.0 Å². The van der Waals surface area contributed by atoms with Crippen molar-refractivity contribution in [1.82, 2.24) is 9.97 Å². The summed E-state index contributed by atoms with van der Waals surface area (Å²) in [6.07, 6.45) is 5.19. The van der Waals surface area contributed by atoms with Gasteiger partial charge in [0, 0.05) is 47.6 Å². The Morgan fingerprint density at radius 1 is 1.07 bits per heavy atom. The molecule has 4 rings (SSSR count). The van der Waals surface area contributed by atoms with Gasteiger partial charge in [-0.3, -0.25) is 9.97 Å². The topological polar surface area (TPSA) is 73.8 Å². The zero-order valence-electron chi connectivity index (χ0n) is 26.9. The van der Waals surface area contributed by atoms with Crippen LogP contribution in [0.2, 0.25) is 5.02 Å². The van der Waals surface area contributed by atoms with Gasteiger partial charge in [-0.25, -0.2) is 4.79 Å². The van der Waals surface area contributed by atoms with Crippen LogP contribution >= 0.6 is 11.6 Å². The summed E-state index contributed by atoms with van der Waals surface area (Å²) in [6, 6.07) is 11.7. The number of halogens is 1. The molecule has 0 bridgehead atoms. The largest absolute Gasteiger partial charge is 0.492 e. The third-order valence-electron chi connectivity index (χ3n) is 7.58. The highest BCUT2D eigenvalue weighted by Crippen LogP contribution is 2.43. The van der Waals surface area contributed by atoms with Crippen LogP contribution in [-0.2, 0) is 20.7 Å². The van der Waals surface area contributed by atoms with Gasteiger partial charge in [-0.1, -0.05) is 37.6 Å². The van der Waals surface area contributed by atoms with Crippen molar-refractivity contribution in [2.75, 3.05) is 24.6 Å². The molecule has 232 valence electrons. The fourth-order valence-electron chi connectivity index (χ4n) is 5.26. The van der Waals surface area contributed by atoms with Crippen LogP contribution < -0.4 is 9.64 Å². The Balaban J connectivity index is 1.71. The summed E-state index contributed by atoms with van der Waals surface area (Å²) in [7, 11) is 0. The number of esters is 1. The third-order valence-corrected chi connectivity index (χ3v) is 7.82. The molecule has 7 nitrogen and oxygen atoms in total. The molecule has 1 aliphatic heterocycles. The first-order valence-corrected chi connectivity index (χ1v) is 15.6. The Labute approximate surface area is 261 Å². The van der Waals surface area contributed by atoms with E-state index in [0.29, 0.717) is 12.4 Å². The normalized spacial score (nSPS) is 15.8. The molecule has 3 heterocycles. The minimum atomic E-state index is -0.936. The van der Waals surface area contributed by atoms with Crippen LogP contribution in [0.4, 0.5) is 5.69 Å². The lowest BCUT2D eigenvalue weighted by atomic mass is 9.82. The molecule has 1 aromatic carbocycles. The molecule has 0 saturated carbocycles. The maximum atomic E-state index is 13.6. The first kappa shape index (κ1) is 32.7. The molecule has 1 aliphatic rings. The van der Waals surface area contributed by atoms with Crippen molar-refractivity contribution in [2.45, 2.75) is 92.5 Å². The second kappa shape index (κ2) is 13.6. The van der Waals surface area contributed by atoms with E-state index in [9.17, 15) is 4.79 Å². The number of aromatic nitrogens is 2. The van der Waals surface area contributed by atoms with E-state index in [0.717, 1.165) is 71.1 Å². The number of hydrogen-bond acceptors (Lipinski definition) is 7. The molecule has 2 aromatic heterocycles. The summed E-state index contributed by atoms with van der Waals surface area (Å²) >= 11 is 6.12. The van der Waals surface area contributed by atoms with Crippen LogP contribution in [0, 0.1) is 12.3 Å². The van der Waals surface area contributed by atoms with E-state index in [1.165, 1.54) is 0 Å². The molecule has 8 heteroatoms. The fraction of sp³-hybridized carbons (Fsp3) is 0.514. The Morgan fingerprint density at radius 3 is 2.40 bits per heavy atom. The molecule has 0 aliphatic carbocycles. The molecule has 43 heavy (non-hydrogen) atoms. The summed E-state index contributed by atoms with van der Waals surface area (Å²) in [5, 5.41) is 0.718. The van der Waals surface area contributed by atoms with E-state index in [4.69, 9.17) is 35.8 Å². The van der Waals surface area contributed by atoms with E-state index < -0.39 is 17.7 Å². The highest BCUT2D eigenvalue weighted by Gasteiger charge is 2.37. The van der Waals surface area contributed by atoms with E-state index in [-0.39, 0.29) is 11.5 Å². The molecule has 3 aromatic rings. The smallest absolute Gasteiger partial charge is 0.340 e. The number of rotatable bonds is 10. The predicted octanol–water partition coefficient (Wildman–Crippen LogP) is 8.16. The summed E-state index contributed by atoms with van der Waals surface area (Å²) < 4.78 is 18.2. The number of aryl methyl sites for hydroxylation is 1. The van der Waals surface area contributed by atoms with Crippen LogP contribution in [0.3, 0.4) is 0 Å². The molecular weight excluding hydrogens is 562 g/mol. The van der Waals surface area contributed by atoms with Gasteiger partial charge in [0.15, 0.2) is 6.10 Å². The number of carbonyl (C=O) groups excluding carboxylic acids is 1. The van der Waals surface area contributed by atoms with Crippen molar-refractivity contribution in [3.8, 4) is 17.0 Å². The molecule has 0 spiro atoms. The van der Waals surface area contributed by atoms with Gasteiger partial charge in [-0.2, -0.15) is 0 Å². The van der Waals surface area contributed by atoms with Gasteiger partial charge >= 0.3 is 5.97 Å². The molecule has 1 fully saturated rings. The minimum Gasteiger partial charge on any atom is -0.492 e. The molecular formula is C35H46ClN3O4. The van der Waals surface area contributed by atoms with E-state index in [1.54, 1.807) is 6.20 Å². The van der Waals surface area contributed by atoms with E-state index in [1.807, 2.05) is 84.1 Å². The summed E-state index contributed by atoms with van der Waals surface area (Å²) in [4.78, 5) is 25.5. The lowest BCUT2D eigenvalue weighted by Crippen LogP contribution is -2.39. The number of ether oxygens (including phenoxy) is 3. The van der Waals surface area contributed by atoms with Gasteiger partial charge in [-0.15, -0.1) is 0 Å². The van der Waals surface area contributed by atoms with Crippen LogP contribution in [-0.4, -0.2) is 47.3 Å². The zero-order valence-corrected chi connectivity index (χ0v) is 27.6. The van der Waals surface area contributed by atoms with Crippen LogP contribution in [0.25, 0.3) is 11.3 Å². The molecule has 0 unspecified atom stereocenters. The lowest BCUT2D eigenvalue weighted by Gasteiger charge is -2.41. The van der Waals surface area contributed by atoms with Crippen LogP contribution in [0.5, 0.6) is 5.75 Å². The Bertz CT molecular complexity index is 1390. The minimum absolute atomic E-state index is 0.249. The molecule has 1 saturated heterocycles. The third kappa shape index (κ3) is 8.93. The second-order valence-electron chi connectivity index (χ2n) is 13.4. The van der Waals surface area contributed by atoms with Gasteiger partial charge in [0.25, 0.3) is 0 Å². The first-order chi connectivity index (χ1) is 20.2. The number of hydrogen-bond donors (Lipinski definition) is 0. The van der Waals surface area contributed by atoms with Gasteiger partial charge < -0.3 is 19.1 Å². The van der Waals surface area contributed by atoms with Crippen LogP contribution in [0.15, 0.2) is 48.8 Å². The zero-order chi connectivity index (χ0) is 31.4. The maximum absolute atomic E-state index is 13.6. The van der Waals surface area contributed by atoms with E-state index >= 15 is 0 Å². The number of piperidine rings is 1. The van der Waals surface area contributed by atoms with Gasteiger partial charge in [-0.05, 0) is 89.6 Å². The SMILES string of the molecule is Cc1ncc(-c2ccc(OCCc3cccc(Cl)c3)cn2)c(N2CCC(C)(C)CC2)c1[C@H](OC(C)(C)C)C(=O)OC(C)C. The van der Waals surface area contributed by atoms with Gasteiger partial charge in [0.2, 0.25) is 0 Å². The van der Waals surface area contributed by atoms with Crippen molar-refractivity contribution in [2.24, 2.45) is 5.41 Å². The van der Waals surface area contributed by atoms with Crippen molar-refractivity contribution in [1.29, 1.82) is 0 Å². The molecule has 0 radical (unpaired) electrons. The Hall–Kier alpha value is -3.16. The quantitative estimate of drug-likeness (QED) is 0.215. The second-order valence-corrected chi connectivity index (χ2v) is 13.8. The average molecular weight is 608 g/mol. The highest BCUT2D eigenvalue weighted by molar-refractivity contribution is 6.30. The van der Waals surface area contributed by atoms with Gasteiger partial charge in [0.1, 0.15) is 5.75 Å². The lowest BCUT2D eigenvalue weighted by molar-refractivity contribution is -0.171. The van der Waals surface area contributed by atoms with Crippen molar-refractivity contribution >= 4 is 23.3 Å². The van der Waals surface area contributed by atoms with E-state index in [2.05, 4.69) is 18.7 Å². The highest BCUT2D eigenvalue weighted by atomic mass is 35.5. The number of carbonyl (C=O) groups is 1. The first-order valence-electron chi connectivity index (χ1n) is 15.2. The fourth-order valence-corrected chi connectivity index (χ4v) is 5.48. The average Bonchev–Trinajstić information content (AvgIpc) is 2.91. The standard InChI is InChI=1S/C35H46ClN3O4/c1-23(2)42-33(40)32(43-34(4,5)6)30-24(3)37-22-28(31(30)39-17-15-35(7,8)16-18-39)29-13-12-27(21-38-29)41-19-14-25-10-9-11-26(36)20-25/h9-13,20-23,32H,14-19H2,1-8H3/t32-/m0/s1. The number of benzene rings is 1. The number of anilines is 1. The molecule has 0 amide bonds. The summed E-state index contributed by atoms with van der Waals surface area (Å²) in [5.41, 5.74) is 4.79. The molecule has 1 atom stereocenters. The number of pyridine rings is 2. The maximum Gasteiger partial charge on any atom is 0.340 e. The van der Waals surface area contributed by atoms with Crippen LogP contribution in [0.1, 0.15) is 84.2 Å². The Kier molecular flexibility index (Phi) is 10.4. The number of nitrogens with zero attached hydrogens (tertiary/aromatic N) is 3. The summed E-state index contributed by atoms with van der Waals surface area (Å²) in [6.45, 7) is 18.3. The molecule has 0 N–H and O–H groups in total. The Morgan fingerprint density at radius 2 is 1.79 bits per heavy atom. The van der Waals surface area contributed by atoms with Crippen molar-refractivity contribution in [3.63, 3.8) is 0 Å². The summed E-state index contributed by atoms with van der Waals surface area (Å²) in [5.74, 6) is 0.267. The van der Waals surface area contributed by atoms with Crippen molar-refractivity contribution in [3.05, 3.63) is 70.6 Å². The monoisotopic (exact) mass is 607 g/mol. The predicted molar refractivity (Wildman–Crippen MR) is 173 cm³/mol. The van der Waals surface area contributed by atoms with Gasteiger partial charge in [0.05, 0.1) is 35.9 Å².